The van der Waals surface area contributed by atoms with Crippen molar-refractivity contribution in [2.75, 3.05) is 36.0 Å². The Labute approximate surface area is 187 Å². The van der Waals surface area contributed by atoms with Crippen molar-refractivity contribution in [2.45, 2.75) is 13.5 Å². The molecule has 3 aromatic rings. The van der Waals surface area contributed by atoms with Gasteiger partial charge in [0.05, 0.1) is 5.56 Å². The predicted octanol–water partition coefficient (Wildman–Crippen LogP) is 2.75. The molecule has 32 heavy (non-hydrogen) atoms. The molecule has 0 atom stereocenters. The molecule has 2 heterocycles. The topological polar surface area (TPSA) is 91.6 Å². The molecule has 0 unspecified atom stereocenters. The molecule has 1 aromatic heterocycles. The normalized spacial score (nSPS) is 13.7. The summed E-state index contributed by atoms with van der Waals surface area (Å²) in [5.74, 6) is -0.796. The summed E-state index contributed by atoms with van der Waals surface area (Å²) in [4.78, 5) is 33.4. The van der Waals surface area contributed by atoms with Crippen molar-refractivity contribution in [3.8, 4) is 0 Å². The van der Waals surface area contributed by atoms with Gasteiger partial charge in [-0.25, -0.2) is 0 Å². The van der Waals surface area contributed by atoms with Crippen LogP contribution in [-0.4, -0.2) is 43.0 Å². The molecular weight excluding hydrogens is 402 g/mol. The number of rotatable bonds is 6. The number of primary amides is 1. The number of hydrogen-bond donors (Lipinski definition) is 2. The first-order valence-electron chi connectivity index (χ1n) is 10.7. The maximum absolute atomic E-state index is 12.6. The third kappa shape index (κ3) is 4.72. The minimum Gasteiger partial charge on any atom is -0.368 e. The third-order valence-electron chi connectivity index (χ3n) is 5.78. The van der Waals surface area contributed by atoms with Crippen LogP contribution in [0.4, 0.5) is 11.4 Å². The number of hydrogen-bond acceptors (Lipinski definition) is 5. The number of anilines is 2. The van der Waals surface area contributed by atoms with Crippen molar-refractivity contribution in [3.05, 3.63) is 89.2 Å². The maximum Gasteiger partial charge on any atom is 0.251 e. The minimum atomic E-state index is -0.539. The van der Waals surface area contributed by atoms with Gasteiger partial charge in [-0.15, -0.1) is 0 Å². The largest absolute Gasteiger partial charge is 0.368 e. The van der Waals surface area contributed by atoms with Crippen LogP contribution in [0.25, 0.3) is 0 Å². The number of nitrogens with one attached hydrogen (secondary N) is 1. The zero-order valence-electron chi connectivity index (χ0n) is 18.1. The fraction of sp³-hybridized carbons (Fsp3) is 0.240. The van der Waals surface area contributed by atoms with E-state index in [1.54, 1.807) is 24.5 Å². The number of carbonyl (C=O) groups excluding carboxylic acids is 2. The van der Waals surface area contributed by atoms with E-state index in [0.717, 1.165) is 37.4 Å². The van der Waals surface area contributed by atoms with Crippen LogP contribution in [0, 0.1) is 6.92 Å². The lowest BCUT2D eigenvalue weighted by Gasteiger charge is -2.38. The Hall–Kier alpha value is -3.87. The van der Waals surface area contributed by atoms with Gasteiger partial charge >= 0.3 is 0 Å². The number of nitrogens with zero attached hydrogens (tertiary/aromatic N) is 3. The Morgan fingerprint density at radius 3 is 2.34 bits per heavy atom. The number of nitrogens with two attached hydrogens (primary N) is 1. The van der Waals surface area contributed by atoms with E-state index in [4.69, 9.17) is 5.73 Å². The van der Waals surface area contributed by atoms with E-state index < -0.39 is 5.91 Å². The van der Waals surface area contributed by atoms with Gasteiger partial charge in [-0.05, 0) is 48.4 Å². The number of para-hydroxylation sites is 1. The molecule has 0 saturated carbocycles. The maximum atomic E-state index is 12.6. The lowest BCUT2D eigenvalue weighted by molar-refractivity contribution is 0.0951. The van der Waals surface area contributed by atoms with Crippen molar-refractivity contribution in [1.82, 2.24) is 10.3 Å². The zero-order chi connectivity index (χ0) is 22.5. The minimum absolute atomic E-state index is 0.257. The quantitative estimate of drug-likeness (QED) is 0.629. The number of carbonyl (C=O) groups is 2. The first-order chi connectivity index (χ1) is 15.5. The molecule has 1 aliphatic rings. The summed E-state index contributed by atoms with van der Waals surface area (Å²) in [6, 6.07) is 17.2. The molecule has 3 N–H and O–H groups in total. The fourth-order valence-corrected chi connectivity index (χ4v) is 4.04. The lowest BCUT2D eigenvalue weighted by atomic mass is 10.0. The molecule has 164 valence electrons. The van der Waals surface area contributed by atoms with E-state index in [1.165, 1.54) is 11.3 Å². The molecule has 7 heteroatoms. The van der Waals surface area contributed by atoms with Gasteiger partial charge in [-0.3, -0.25) is 14.6 Å². The molecular formula is C25H27N5O2. The molecule has 0 radical (unpaired) electrons. The molecule has 2 aromatic carbocycles. The standard InChI is InChI=1S/C25H27N5O2/c1-18-5-2-3-7-22(18)29-11-13-30(14-12-29)23-9-8-20(15-21(23)24(26)31)25(32)28-17-19-6-4-10-27-16-19/h2-10,15-16H,11-14,17H2,1H3,(H2,26,31)(H,28,32). The molecule has 2 amide bonds. The molecule has 1 fully saturated rings. The zero-order valence-corrected chi connectivity index (χ0v) is 18.1. The highest BCUT2D eigenvalue weighted by Crippen LogP contribution is 2.26. The molecule has 1 aliphatic heterocycles. The number of piperazine rings is 1. The summed E-state index contributed by atoms with van der Waals surface area (Å²) in [6.45, 7) is 5.70. The molecule has 0 bridgehead atoms. The van der Waals surface area contributed by atoms with Crippen LogP contribution in [0.2, 0.25) is 0 Å². The van der Waals surface area contributed by atoms with Crippen molar-refractivity contribution < 1.29 is 9.59 Å². The highest BCUT2D eigenvalue weighted by atomic mass is 16.2. The van der Waals surface area contributed by atoms with E-state index in [1.807, 2.05) is 24.3 Å². The summed E-state index contributed by atoms with van der Waals surface area (Å²) in [5.41, 5.74) is 10.6. The van der Waals surface area contributed by atoms with Crippen molar-refractivity contribution in [1.29, 1.82) is 0 Å². The van der Waals surface area contributed by atoms with Gasteiger partial charge in [0, 0.05) is 62.1 Å². The number of aryl methyl sites for hydroxylation is 1. The second kappa shape index (κ2) is 9.51. The molecule has 1 saturated heterocycles. The average Bonchev–Trinajstić information content (AvgIpc) is 2.83. The molecule has 0 aliphatic carbocycles. The van der Waals surface area contributed by atoms with Crippen molar-refractivity contribution >= 4 is 23.2 Å². The fourth-order valence-electron chi connectivity index (χ4n) is 4.04. The SMILES string of the molecule is Cc1ccccc1N1CCN(c2ccc(C(=O)NCc3cccnc3)cc2C(N)=O)CC1. The van der Waals surface area contributed by atoms with Crippen molar-refractivity contribution in [2.24, 2.45) is 5.73 Å². The van der Waals surface area contributed by atoms with Crippen LogP contribution >= 0.6 is 0 Å². The number of pyridine rings is 1. The second-order valence-corrected chi connectivity index (χ2v) is 7.90. The second-order valence-electron chi connectivity index (χ2n) is 7.90. The average molecular weight is 430 g/mol. The first-order valence-corrected chi connectivity index (χ1v) is 10.7. The van der Waals surface area contributed by atoms with Gasteiger partial charge in [-0.2, -0.15) is 0 Å². The van der Waals surface area contributed by atoms with Crippen LogP contribution in [0.5, 0.6) is 0 Å². The van der Waals surface area contributed by atoms with E-state index >= 15 is 0 Å². The lowest BCUT2D eigenvalue weighted by Crippen LogP contribution is -2.47. The van der Waals surface area contributed by atoms with Gasteiger partial charge in [-0.1, -0.05) is 24.3 Å². The van der Waals surface area contributed by atoms with Crippen LogP contribution in [-0.2, 0) is 6.54 Å². The van der Waals surface area contributed by atoms with E-state index in [9.17, 15) is 9.59 Å². The number of amides is 2. The predicted molar refractivity (Wildman–Crippen MR) is 126 cm³/mol. The van der Waals surface area contributed by atoms with E-state index in [2.05, 4.69) is 45.2 Å². The Balaban J connectivity index is 1.46. The Morgan fingerprint density at radius 2 is 1.69 bits per heavy atom. The summed E-state index contributed by atoms with van der Waals surface area (Å²) in [7, 11) is 0. The van der Waals surface area contributed by atoms with E-state index in [0.29, 0.717) is 17.7 Å². The van der Waals surface area contributed by atoms with Gasteiger partial charge in [0.15, 0.2) is 0 Å². The third-order valence-corrected chi connectivity index (χ3v) is 5.78. The van der Waals surface area contributed by atoms with Crippen LogP contribution in [0.15, 0.2) is 67.0 Å². The monoisotopic (exact) mass is 429 g/mol. The number of aromatic nitrogens is 1. The number of benzene rings is 2. The summed E-state index contributed by atoms with van der Waals surface area (Å²) in [6.07, 6.45) is 3.39. The Bertz CT molecular complexity index is 1110. The first kappa shape index (κ1) is 21.4. The van der Waals surface area contributed by atoms with Gasteiger partial charge in [0.25, 0.3) is 11.8 Å². The highest BCUT2D eigenvalue weighted by Gasteiger charge is 2.22. The van der Waals surface area contributed by atoms with E-state index in [-0.39, 0.29) is 5.91 Å². The van der Waals surface area contributed by atoms with Gasteiger partial charge < -0.3 is 20.9 Å². The van der Waals surface area contributed by atoms with Gasteiger partial charge in [0.1, 0.15) is 0 Å². The Kier molecular flexibility index (Phi) is 6.35. The molecule has 0 spiro atoms. The van der Waals surface area contributed by atoms with Crippen LogP contribution < -0.4 is 20.9 Å². The summed E-state index contributed by atoms with van der Waals surface area (Å²) in [5, 5.41) is 2.86. The van der Waals surface area contributed by atoms with Gasteiger partial charge in [0.2, 0.25) is 0 Å². The molecule has 4 rings (SSSR count). The molecule has 7 nitrogen and oxygen atoms in total. The summed E-state index contributed by atoms with van der Waals surface area (Å²) < 4.78 is 0. The summed E-state index contributed by atoms with van der Waals surface area (Å²) >= 11 is 0. The van der Waals surface area contributed by atoms with Crippen molar-refractivity contribution in [3.63, 3.8) is 0 Å². The highest BCUT2D eigenvalue weighted by molar-refractivity contribution is 6.03. The van der Waals surface area contributed by atoms with Crippen LogP contribution in [0.3, 0.4) is 0 Å². The Morgan fingerprint density at radius 1 is 0.969 bits per heavy atom. The smallest absolute Gasteiger partial charge is 0.251 e. The van der Waals surface area contributed by atoms with Crippen LogP contribution in [0.1, 0.15) is 31.8 Å².